The number of amides is 4. The number of phenolic OH excluding ortho intramolecular Hbond substituents is 1. The van der Waals surface area contributed by atoms with Gasteiger partial charge in [0.2, 0.25) is 11.8 Å². The van der Waals surface area contributed by atoms with Gasteiger partial charge >= 0.3 is 6.03 Å². The first-order valence-electron chi connectivity index (χ1n) is 17.3. The topological polar surface area (TPSA) is 118 Å². The number of Topliss-reactive ketones (excluding diaryl/α,β-unsaturated/α-hetero) is 1. The number of rotatable bonds is 11. The van der Waals surface area contributed by atoms with Gasteiger partial charge in [-0.2, -0.15) is 0 Å². The van der Waals surface area contributed by atoms with E-state index in [0.29, 0.717) is 12.1 Å². The summed E-state index contributed by atoms with van der Waals surface area (Å²) in [5.74, 6) is -0.147. The number of aromatic hydroxyl groups is 1. The molecule has 11 nitrogen and oxygen atoms in total. The lowest BCUT2D eigenvalue weighted by Gasteiger charge is -2.55. The Balaban J connectivity index is 1.27. The van der Waals surface area contributed by atoms with Gasteiger partial charge in [-0.1, -0.05) is 66.7 Å². The predicted molar refractivity (Wildman–Crippen MR) is 189 cm³/mol. The molecule has 2 N–H and O–H groups in total. The number of aromatic nitrogens is 1. The molecule has 3 heterocycles. The Kier molecular flexibility index (Phi) is 9.16. The highest BCUT2D eigenvalue weighted by Crippen LogP contribution is 2.37. The van der Waals surface area contributed by atoms with Crippen LogP contribution in [0, 0.1) is 5.92 Å². The van der Waals surface area contributed by atoms with Crippen molar-refractivity contribution >= 4 is 34.5 Å². The maximum Gasteiger partial charge on any atom is 0.334 e. The Hall–Kier alpha value is -5.42. The van der Waals surface area contributed by atoms with Gasteiger partial charge in [0.25, 0.3) is 0 Å². The lowest BCUT2D eigenvalue weighted by atomic mass is 9.97. The lowest BCUT2D eigenvalue weighted by Crippen LogP contribution is -2.76. The van der Waals surface area contributed by atoms with E-state index in [1.54, 1.807) is 50.2 Å². The summed E-state index contributed by atoms with van der Waals surface area (Å²) < 4.78 is 2.08. The summed E-state index contributed by atoms with van der Waals surface area (Å²) in [6.07, 6.45) is 4.83. The molecule has 2 atom stereocenters. The lowest BCUT2D eigenvalue weighted by molar-refractivity contribution is -0.189. The van der Waals surface area contributed by atoms with E-state index in [-0.39, 0.29) is 74.4 Å². The number of hydrogen-bond acceptors (Lipinski definition) is 6. The number of carbonyl (C=O) groups is 4. The van der Waals surface area contributed by atoms with Crippen molar-refractivity contribution in [2.24, 2.45) is 5.92 Å². The number of hydrogen-bond donors (Lipinski definition) is 2. The average molecular weight is 675 g/mol. The number of carbonyl (C=O) groups excluding carboxylic acids is 4. The number of fused-ring (bicyclic) bond motifs is 2. The molecule has 0 radical (unpaired) electrons. The Bertz CT molecular complexity index is 1940. The van der Waals surface area contributed by atoms with Crippen LogP contribution in [0.2, 0.25) is 0 Å². The van der Waals surface area contributed by atoms with Gasteiger partial charge in [0.1, 0.15) is 18.0 Å². The van der Waals surface area contributed by atoms with Gasteiger partial charge in [-0.05, 0) is 48.6 Å². The van der Waals surface area contributed by atoms with Gasteiger partial charge in [0.05, 0.1) is 18.6 Å². The summed E-state index contributed by atoms with van der Waals surface area (Å²) in [4.78, 5) is 59.2. The van der Waals surface area contributed by atoms with Crippen molar-refractivity contribution < 1.29 is 24.3 Å². The number of aryl methyl sites for hydroxylation is 1. The minimum atomic E-state index is -0.898. The summed E-state index contributed by atoms with van der Waals surface area (Å²) in [5, 5.41) is 17.1. The molecular weight excluding hydrogens is 632 g/mol. The zero-order valence-corrected chi connectivity index (χ0v) is 28.2. The third-order valence-corrected chi connectivity index (χ3v) is 9.93. The smallest absolute Gasteiger partial charge is 0.334 e. The minimum Gasteiger partial charge on any atom is -0.508 e. The molecule has 11 heteroatoms. The second-order valence-electron chi connectivity index (χ2n) is 13.3. The number of nitrogens with zero attached hydrogens (tertiary/aromatic N) is 5. The molecule has 7 rings (SSSR count). The average Bonchev–Trinajstić information content (AvgIpc) is 3.90. The number of piperazine rings is 1. The number of para-hydroxylation sites is 1. The quantitative estimate of drug-likeness (QED) is 0.176. The van der Waals surface area contributed by atoms with Gasteiger partial charge in [-0.15, -0.1) is 6.58 Å². The van der Waals surface area contributed by atoms with Crippen LogP contribution in [0.25, 0.3) is 10.9 Å². The van der Waals surface area contributed by atoms with E-state index in [0.717, 1.165) is 40.4 Å². The monoisotopic (exact) mass is 674 g/mol. The molecule has 0 unspecified atom stereocenters. The molecule has 4 amide bonds. The number of urea groups is 1. The zero-order chi connectivity index (χ0) is 34.9. The molecule has 3 aromatic carbocycles. The van der Waals surface area contributed by atoms with Crippen LogP contribution < -0.4 is 5.32 Å². The largest absolute Gasteiger partial charge is 0.508 e. The van der Waals surface area contributed by atoms with Gasteiger partial charge < -0.3 is 24.8 Å². The van der Waals surface area contributed by atoms with Crippen molar-refractivity contribution in [3.8, 4) is 5.75 Å². The van der Waals surface area contributed by atoms with Crippen molar-refractivity contribution in [2.75, 3.05) is 19.6 Å². The van der Waals surface area contributed by atoms with E-state index in [4.69, 9.17) is 0 Å². The van der Waals surface area contributed by atoms with Crippen molar-refractivity contribution in [1.82, 2.24) is 29.7 Å². The van der Waals surface area contributed by atoms with Crippen LogP contribution in [-0.2, 0) is 35.6 Å². The zero-order valence-electron chi connectivity index (χ0n) is 28.2. The molecule has 3 aliphatic rings. The molecule has 258 valence electrons. The summed E-state index contributed by atoms with van der Waals surface area (Å²) in [6.45, 7) is 7.31. The summed E-state index contributed by atoms with van der Waals surface area (Å²) in [6, 6.07) is 20.8. The highest BCUT2D eigenvalue weighted by molar-refractivity contribution is 6.10. The van der Waals surface area contributed by atoms with E-state index >= 15 is 0 Å². The van der Waals surface area contributed by atoms with Crippen LogP contribution in [0.4, 0.5) is 4.79 Å². The highest BCUT2D eigenvalue weighted by Gasteiger charge is 2.51. The molecule has 1 aromatic heterocycles. The normalized spacial score (nSPS) is 19.5. The first-order valence-corrected chi connectivity index (χ1v) is 17.3. The molecular formula is C39H42N6O5. The first kappa shape index (κ1) is 33.1. The first-order chi connectivity index (χ1) is 24.3. The molecule has 3 fully saturated rings. The van der Waals surface area contributed by atoms with Crippen LogP contribution in [-0.4, -0.2) is 85.0 Å². The number of phenols is 1. The minimum absolute atomic E-state index is 0.0752. The predicted octanol–water partition coefficient (Wildman–Crippen LogP) is 4.70. The fourth-order valence-corrected chi connectivity index (χ4v) is 7.34. The van der Waals surface area contributed by atoms with Crippen LogP contribution in [0.1, 0.15) is 46.8 Å². The second kappa shape index (κ2) is 13.8. The Labute approximate surface area is 291 Å². The maximum atomic E-state index is 14.6. The fraction of sp³-hybridized carbons (Fsp3) is 0.333. The van der Waals surface area contributed by atoms with Crippen LogP contribution >= 0.6 is 0 Å². The molecule has 1 saturated carbocycles. The molecule has 4 aromatic rings. The number of nitrogens with one attached hydrogen (secondary N) is 1. The SMILES string of the molecule is C=CCN1CC(=O)N2[C@@H](Cc3ccc(O)cc3)C(=O)N(Cc3cccc4c(C(=O)C5CC5)cn(CC)c34)C[C@@H]2N1C(=O)NCc1ccccc1. The molecule has 1 aliphatic carbocycles. The van der Waals surface area contributed by atoms with E-state index < -0.39 is 12.2 Å². The van der Waals surface area contributed by atoms with E-state index in [2.05, 4.69) is 16.5 Å². The third kappa shape index (κ3) is 6.36. The van der Waals surface area contributed by atoms with Gasteiger partial charge in [-0.25, -0.2) is 14.8 Å². The summed E-state index contributed by atoms with van der Waals surface area (Å²) in [5.41, 5.74) is 4.21. The summed E-state index contributed by atoms with van der Waals surface area (Å²) in [7, 11) is 0. The van der Waals surface area contributed by atoms with Crippen molar-refractivity contribution in [1.29, 1.82) is 0 Å². The molecule has 2 aliphatic heterocycles. The van der Waals surface area contributed by atoms with Crippen LogP contribution in [0.15, 0.2) is 91.6 Å². The molecule has 0 bridgehead atoms. The van der Waals surface area contributed by atoms with E-state index in [1.165, 1.54) is 0 Å². The molecule has 0 spiro atoms. The van der Waals surface area contributed by atoms with E-state index in [9.17, 15) is 24.3 Å². The summed E-state index contributed by atoms with van der Waals surface area (Å²) >= 11 is 0. The van der Waals surface area contributed by atoms with Gasteiger partial charge in [0, 0.05) is 55.7 Å². The number of ketones is 1. The number of hydrazine groups is 1. The third-order valence-electron chi connectivity index (χ3n) is 9.93. The second-order valence-corrected chi connectivity index (χ2v) is 13.3. The van der Waals surface area contributed by atoms with E-state index in [1.807, 2.05) is 61.7 Å². The molecule has 2 saturated heterocycles. The van der Waals surface area contributed by atoms with Crippen molar-refractivity contribution in [3.05, 3.63) is 114 Å². The highest BCUT2D eigenvalue weighted by atomic mass is 16.3. The molecule has 50 heavy (non-hydrogen) atoms. The van der Waals surface area contributed by atoms with Crippen molar-refractivity contribution in [2.45, 2.75) is 58.0 Å². The maximum absolute atomic E-state index is 14.6. The standard InChI is InChI=1S/C39H42N6O5/c1-3-19-43-25-35(47)44-33(20-26-13-17-30(46)18-14-26)38(49)42(24-34(44)45(43)39(50)40-21-27-9-6-5-7-10-27)22-29-11-8-12-31-32(37(48)28-15-16-28)23-41(4-2)36(29)31/h3,5-14,17-18,23,28,33-34,46H,1,4,15-16,19-22,24-25H2,2H3,(H,40,50)/t33-,34-/m0/s1. The van der Waals surface area contributed by atoms with Crippen LogP contribution in [0.3, 0.4) is 0 Å². The fourth-order valence-electron chi connectivity index (χ4n) is 7.34. The Morgan fingerprint density at radius 2 is 1.74 bits per heavy atom. The van der Waals surface area contributed by atoms with Crippen molar-refractivity contribution in [3.63, 3.8) is 0 Å². The number of benzene rings is 3. The van der Waals surface area contributed by atoms with Crippen LogP contribution in [0.5, 0.6) is 5.75 Å². The Morgan fingerprint density at radius 1 is 0.980 bits per heavy atom. The Morgan fingerprint density at radius 3 is 2.44 bits per heavy atom. The van der Waals surface area contributed by atoms with Gasteiger partial charge in [-0.3, -0.25) is 14.4 Å². The van der Waals surface area contributed by atoms with Gasteiger partial charge in [0.15, 0.2) is 5.78 Å².